The molecule has 1 unspecified atom stereocenters. The van der Waals surface area contributed by atoms with Gasteiger partial charge in [-0.15, -0.1) is 5.10 Å². The molecule has 0 spiro atoms. The first-order chi connectivity index (χ1) is 12.7. The van der Waals surface area contributed by atoms with Crippen molar-refractivity contribution in [2.24, 2.45) is 0 Å². The Bertz CT molecular complexity index is 1080. The van der Waals surface area contributed by atoms with E-state index in [-0.39, 0.29) is 5.37 Å². The average molecular weight is 356 g/mol. The van der Waals surface area contributed by atoms with Crippen molar-refractivity contribution in [2.75, 3.05) is 0 Å². The van der Waals surface area contributed by atoms with E-state index in [1.54, 1.807) is 11.8 Å². The van der Waals surface area contributed by atoms with E-state index in [2.05, 4.69) is 47.6 Å². The van der Waals surface area contributed by atoms with Gasteiger partial charge in [0.25, 0.3) is 0 Å². The van der Waals surface area contributed by atoms with Gasteiger partial charge in [-0.25, -0.2) is 4.68 Å². The first kappa shape index (κ1) is 16.4. The van der Waals surface area contributed by atoms with E-state index in [0.717, 1.165) is 21.5 Å². The predicted octanol–water partition coefficient (Wildman–Crippen LogP) is 4.95. The largest absolute Gasteiger partial charge is 0.227 e. The van der Waals surface area contributed by atoms with Crippen LogP contribution in [0, 0.1) is 18.3 Å². The lowest BCUT2D eigenvalue weighted by Gasteiger charge is -2.18. The second-order valence-corrected chi connectivity index (χ2v) is 7.19. The molecule has 0 saturated heterocycles. The van der Waals surface area contributed by atoms with Crippen LogP contribution in [-0.4, -0.2) is 15.0 Å². The topological polar surface area (TPSA) is 54.5 Å². The van der Waals surface area contributed by atoms with Gasteiger partial charge in [-0.1, -0.05) is 58.9 Å². The maximum atomic E-state index is 9.07. The fourth-order valence-corrected chi connectivity index (χ4v) is 3.89. The Kier molecular flexibility index (Phi) is 4.42. The molecule has 4 nitrogen and oxygen atoms in total. The summed E-state index contributed by atoms with van der Waals surface area (Å²) in [6, 6.07) is 26.2. The lowest BCUT2D eigenvalue weighted by molar-refractivity contribution is 0.655. The molecule has 1 atom stereocenters. The van der Waals surface area contributed by atoms with Gasteiger partial charge in [-0.3, -0.25) is 0 Å². The number of aromatic nitrogens is 3. The molecule has 0 aliphatic carbocycles. The van der Waals surface area contributed by atoms with Crippen molar-refractivity contribution in [2.45, 2.75) is 17.2 Å². The summed E-state index contributed by atoms with van der Waals surface area (Å²) in [7, 11) is 0. The predicted molar refractivity (Wildman–Crippen MR) is 104 cm³/mol. The van der Waals surface area contributed by atoms with Crippen LogP contribution >= 0.6 is 11.8 Å². The number of hydrogen-bond acceptors (Lipinski definition) is 4. The highest BCUT2D eigenvalue weighted by Crippen LogP contribution is 2.37. The Labute approximate surface area is 156 Å². The van der Waals surface area contributed by atoms with Crippen LogP contribution in [0.3, 0.4) is 0 Å². The minimum absolute atomic E-state index is 0.0714. The number of hydrogen-bond donors (Lipinski definition) is 0. The molecular formula is C21H16N4S. The fraction of sp³-hybridized carbons (Fsp3) is 0.0952. The summed E-state index contributed by atoms with van der Waals surface area (Å²) in [4.78, 5) is 1.16. The fourth-order valence-electron chi connectivity index (χ4n) is 2.79. The Morgan fingerprint density at radius 2 is 1.69 bits per heavy atom. The van der Waals surface area contributed by atoms with Crippen LogP contribution in [-0.2, 0) is 0 Å². The summed E-state index contributed by atoms with van der Waals surface area (Å²) >= 11 is 1.71. The molecule has 126 valence electrons. The zero-order valence-corrected chi connectivity index (χ0v) is 15.0. The lowest BCUT2D eigenvalue weighted by Crippen LogP contribution is -2.09. The summed E-state index contributed by atoms with van der Waals surface area (Å²) in [5.41, 5.74) is 4.81. The van der Waals surface area contributed by atoms with Crippen LogP contribution in [0.2, 0.25) is 0 Å². The smallest absolute Gasteiger partial charge is 0.129 e. The minimum atomic E-state index is -0.0714. The van der Waals surface area contributed by atoms with E-state index < -0.39 is 0 Å². The standard InChI is InChI=1S/C21H16N4S/c1-15-6-12-18(13-7-15)26-21(17-10-8-16(14-22)9-11-17)25-20-5-3-2-4-19(20)23-24-25/h2-13,21H,1H3. The maximum Gasteiger partial charge on any atom is 0.129 e. The van der Waals surface area contributed by atoms with Gasteiger partial charge in [0, 0.05) is 4.90 Å². The van der Waals surface area contributed by atoms with Crippen LogP contribution in [0.5, 0.6) is 0 Å². The van der Waals surface area contributed by atoms with E-state index in [4.69, 9.17) is 5.26 Å². The average Bonchev–Trinajstić information content (AvgIpc) is 3.12. The summed E-state index contributed by atoms with van der Waals surface area (Å²) in [6.07, 6.45) is 0. The van der Waals surface area contributed by atoms with Gasteiger partial charge in [0.15, 0.2) is 0 Å². The highest BCUT2D eigenvalue weighted by molar-refractivity contribution is 7.99. The minimum Gasteiger partial charge on any atom is -0.227 e. The van der Waals surface area contributed by atoms with Crippen molar-refractivity contribution in [3.05, 3.63) is 89.5 Å². The molecule has 1 aromatic heterocycles. The molecule has 0 bridgehead atoms. The first-order valence-corrected chi connectivity index (χ1v) is 9.16. The van der Waals surface area contributed by atoms with E-state index >= 15 is 0 Å². The molecule has 4 aromatic rings. The first-order valence-electron chi connectivity index (χ1n) is 8.28. The normalized spacial score (nSPS) is 12.0. The molecule has 0 N–H and O–H groups in total. The molecule has 0 saturated carbocycles. The quantitative estimate of drug-likeness (QED) is 0.485. The summed E-state index contributed by atoms with van der Waals surface area (Å²) in [5, 5.41) is 17.7. The van der Waals surface area contributed by atoms with E-state index in [9.17, 15) is 0 Å². The number of nitriles is 1. The van der Waals surface area contributed by atoms with E-state index in [1.165, 1.54) is 5.56 Å². The van der Waals surface area contributed by atoms with Gasteiger partial charge in [0.2, 0.25) is 0 Å². The van der Waals surface area contributed by atoms with Gasteiger partial charge in [0.05, 0.1) is 17.1 Å². The third-order valence-corrected chi connectivity index (χ3v) is 5.43. The van der Waals surface area contributed by atoms with Crippen molar-refractivity contribution < 1.29 is 0 Å². The molecule has 0 fully saturated rings. The second-order valence-electron chi connectivity index (χ2n) is 6.04. The molecule has 0 aliphatic heterocycles. The number of aryl methyl sites for hydroxylation is 1. The Hall–Kier alpha value is -3.10. The van der Waals surface area contributed by atoms with Gasteiger partial charge < -0.3 is 0 Å². The zero-order valence-electron chi connectivity index (χ0n) is 14.2. The second kappa shape index (κ2) is 7.03. The van der Waals surface area contributed by atoms with Gasteiger partial charge >= 0.3 is 0 Å². The molecule has 4 rings (SSSR count). The van der Waals surface area contributed by atoms with Crippen molar-refractivity contribution in [1.29, 1.82) is 5.26 Å². The van der Waals surface area contributed by atoms with Crippen molar-refractivity contribution in [3.63, 3.8) is 0 Å². The van der Waals surface area contributed by atoms with Crippen LogP contribution in [0.4, 0.5) is 0 Å². The molecule has 0 aliphatic rings. The van der Waals surface area contributed by atoms with E-state index in [1.807, 2.05) is 53.2 Å². The van der Waals surface area contributed by atoms with Crippen molar-refractivity contribution >= 4 is 22.8 Å². The highest BCUT2D eigenvalue weighted by Gasteiger charge is 2.19. The molecule has 5 heteroatoms. The molecule has 3 aromatic carbocycles. The molecular weight excluding hydrogens is 340 g/mol. The van der Waals surface area contributed by atoms with Gasteiger partial charge in [-0.05, 0) is 48.9 Å². The Morgan fingerprint density at radius 1 is 0.962 bits per heavy atom. The third kappa shape index (κ3) is 3.19. The summed E-state index contributed by atoms with van der Waals surface area (Å²) < 4.78 is 1.95. The van der Waals surface area contributed by atoms with E-state index in [0.29, 0.717) is 5.56 Å². The number of rotatable bonds is 4. The summed E-state index contributed by atoms with van der Waals surface area (Å²) in [6.45, 7) is 2.08. The van der Waals surface area contributed by atoms with Crippen molar-refractivity contribution in [1.82, 2.24) is 15.0 Å². The van der Waals surface area contributed by atoms with Crippen LogP contribution < -0.4 is 0 Å². The monoisotopic (exact) mass is 356 g/mol. The Balaban J connectivity index is 1.80. The van der Waals surface area contributed by atoms with Crippen molar-refractivity contribution in [3.8, 4) is 6.07 Å². The lowest BCUT2D eigenvalue weighted by atomic mass is 10.1. The molecule has 0 radical (unpaired) electrons. The highest BCUT2D eigenvalue weighted by atomic mass is 32.2. The van der Waals surface area contributed by atoms with Crippen LogP contribution in [0.25, 0.3) is 11.0 Å². The van der Waals surface area contributed by atoms with Crippen LogP contribution in [0.1, 0.15) is 22.1 Å². The molecule has 1 heterocycles. The molecule has 26 heavy (non-hydrogen) atoms. The zero-order chi connectivity index (χ0) is 17.9. The van der Waals surface area contributed by atoms with Crippen LogP contribution in [0.15, 0.2) is 77.7 Å². The number of fused-ring (bicyclic) bond motifs is 1. The number of thioether (sulfide) groups is 1. The molecule has 0 amide bonds. The number of nitrogens with zero attached hydrogens (tertiary/aromatic N) is 4. The van der Waals surface area contributed by atoms with Gasteiger partial charge in [-0.2, -0.15) is 5.26 Å². The third-order valence-electron chi connectivity index (χ3n) is 4.19. The maximum absolute atomic E-state index is 9.07. The SMILES string of the molecule is Cc1ccc(SC(c2ccc(C#N)cc2)n2nnc3ccccc32)cc1. The number of para-hydroxylation sites is 1. The summed E-state index contributed by atoms with van der Waals surface area (Å²) in [5.74, 6) is 0. The number of benzene rings is 3. The Morgan fingerprint density at radius 3 is 2.42 bits per heavy atom. The van der Waals surface area contributed by atoms with Gasteiger partial charge in [0.1, 0.15) is 10.9 Å².